The lowest BCUT2D eigenvalue weighted by Gasteiger charge is -2.06. The highest BCUT2D eigenvalue weighted by Crippen LogP contribution is 2.27. The summed E-state index contributed by atoms with van der Waals surface area (Å²) in [7, 11) is 0. The van der Waals surface area contributed by atoms with Gasteiger partial charge in [-0.25, -0.2) is 9.97 Å². The van der Waals surface area contributed by atoms with Crippen LogP contribution in [-0.2, 0) is 0 Å². The maximum absolute atomic E-state index is 4.14. The van der Waals surface area contributed by atoms with Crippen molar-refractivity contribution in [1.29, 1.82) is 0 Å². The molecule has 1 heterocycles. The Kier molecular flexibility index (Phi) is 5.50. The monoisotopic (exact) mass is 360 g/mol. The van der Waals surface area contributed by atoms with Gasteiger partial charge in [0.15, 0.2) is 5.82 Å². The van der Waals surface area contributed by atoms with E-state index in [1.807, 2.05) is 36.4 Å². The van der Waals surface area contributed by atoms with Crippen molar-refractivity contribution in [3.05, 3.63) is 122 Å². The molecule has 0 aliphatic carbocycles. The molecule has 0 atom stereocenters. The van der Waals surface area contributed by atoms with E-state index in [0.29, 0.717) is 0 Å². The molecule has 0 aliphatic heterocycles. The molecule has 5 rings (SSSR count). The van der Waals surface area contributed by atoms with Crippen molar-refractivity contribution in [1.82, 2.24) is 9.97 Å². The van der Waals surface area contributed by atoms with Crippen LogP contribution < -0.4 is 0 Å². The summed E-state index contributed by atoms with van der Waals surface area (Å²) in [5.74, 6) is 0.776. The molecular weight excluding hydrogens is 340 g/mol. The minimum absolute atomic E-state index is 0.776. The van der Waals surface area contributed by atoms with E-state index in [1.165, 1.54) is 21.9 Å². The number of rotatable bonds is 2. The van der Waals surface area contributed by atoms with E-state index in [1.54, 1.807) is 12.4 Å². The minimum Gasteiger partial charge on any atom is -0.237 e. The standard InChI is InChI=1S/C16H12.C10H8N2/c1-2-7-13(8-3-1)16-12-6-10-14-9-4-5-11-15(14)16;1-2-5-9(6-3-1)10-11-7-4-8-12-10/h1-12H;1-8H. The van der Waals surface area contributed by atoms with E-state index in [2.05, 4.69) is 82.8 Å². The van der Waals surface area contributed by atoms with Gasteiger partial charge in [0.2, 0.25) is 0 Å². The average molecular weight is 360 g/mol. The van der Waals surface area contributed by atoms with Crippen LogP contribution in [0.1, 0.15) is 0 Å². The molecule has 2 heteroatoms. The molecule has 0 amide bonds. The fraction of sp³-hybridized carbons (Fsp3) is 0. The molecule has 0 bridgehead atoms. The van der Waals surface area contributed by atoms with Gasteiger partial charge in [-0.15, -0.1) is 0 Å². The Morgan fingerprint density at radius 2 is 1.00 bits per heavy atom. The summed E-state index contributed by atoms with van der Waals surface area (Å²) in [4.78, 5) is 8.28. The van der Waals surface area contributed by atoms with Crippen molar-refractivity contribution < 1.29 is 0 Å². The van der Waals surface area contributed by atoms with Crippen molar-refractivity contribution in [3.63, 3.8) is 0 Å². The quantitative estimate of drug-likeness (QED) is 0.352. The lowest BCUT2D eigenvalue weighted by atomic mass is 9.98. The summed E-state index contributed by atoms with van der Waals surface area (Å²) < 4.78 is 0. The summed E-state index contributed by atoms with van der Waals surface area (Å²) in [6.07, 6.45) is 3.49. The van der Waals surface area contributed by atoms with Crippen LogP contribution in [0.15, 0.2) is 122 Å². The van der Waals surface area contributed by atoms with Crippen LogP contribution in [0.25, 0.3) is 33.3 Å². The summed E-state index contributed by atoms with van der Waals surface area (Å²) in [5, 5.41) is 2.61. The fourth-order valence-corrected chi connectivity index (χ4v) is 3.13. The van der Waals surface area contributed by atoms with Crippen molar-refractivity contribution >= 4 is 10.8 Å². The van der Waals surface area contributed by atoms with Gasteiger partial charge in [0.1, 0.15) is 0 Å². The minimum atomic E-state index is 0.776. The highest BCUT2D eigenvalue weighted by Gasteiger charge is 2.01. The van der Waals surface area contributed by atoms with Crippen LogP contribution in [0, 0.1) is 0 Å². The number of hydrogen-bond donors (Lipinski definition) is 0. The maximum atomic E-state index is 4.14. The van der Waals surface area contributed by atoms with Crippen LogP contribution in [0.3, 0.4) is 0 Å². The lowest BCUT2D eigenvalue weighted by Crippen LogP contribution is -1.84. The average Bonchev–Trinajstić information content (AvgIpc) is 2.81. The van der Waals surface area contributed by atoms with Gasteiger partial charge in [-0.3, -0.25) is 0 Å². The highest BCUT2D eigenvalue weighted by atomic mass is 14.8. The van der Waals surface area contributed by atoms with Gasteiger partial charge in [0, 0.05) is 18.0 Å². The number of aromatic nitrogens is 2. The van der Waals surface area contributed by atoms with E-state index < -0.39 is 0 Å². The van der Waals surface area contributed by atoms with E-state index >= 15 is 0 Å². The van der Waals surface area contributed by atoms with Gasteiger partial charge in [0.25, 0.3) is 0 Å². The maximum Gasteiger partial charge on any atom is 0.159 e. The summed E-state index contributed by atoms with van der Waals surface area (Å²) in [5.41, 5.74) is 3.64. The Bertz CT molecular complexity index is 1100. The molecule has 0 saturated heterocycles. The molecular formula is C26H20N2. The van der Waals surface area contributed by atoms with Gasteiger partial charge in [-0.2, -0.15) is 0 Å². The first kappa shape index (κ1) is 17.6. The third-order valence-corrected chi connectivity index (χ3v) is 4.47. The largest absolute Gasteiger partial charge is 0.237 e. The third kappa shape index (κ3) is 4.13. The van der Waals surface area contributed by atoms with Crippen LogP contribution in [0.5, 0.6) is 0 Å². The van der Waals surface area contributed by atoms with Crippen molar-refractivity contribution in [2.45, 2.75) is 0 Å². The predicted octanol–water partition coefficient (Wildman–Crippen LogP) is 6.65. The molecule has 0 unspecified atom stereocenters. The van der Waals surface area contributed by atoms with E-state index in [0.717, 1.165) is 11.4 Å². The SMILES string of the molecule is c1ccc(-c2cccc3ccccc23)cc1.c1ccc(-c2ncccn2)cc1. The predicted molar refractivity (Wildman–Crippen MR) is 117 cm³/mol. The second kappa shape index (κ2) is 8.74. The Morgan fingerprint density at radius 1 is 0.429 bits per heavy atom. The molecule has 0 aliphatic rings. The second-order valence-electron chi connectivity index (χ2n) is 6.33. The summed E-state index contributed by atoms with van der Waals surface area (Å²) in [6.45, 7) is 0. The number of hydrogen-bond acceptors (Lipinski definition) is 2. The lowest BCUT2D eigenvalue weighted by molar-refractivity contribution is 1.18. The number of benzene rings is 4. The first-order valence-corrected chi connectivity index (χ1v) is 9.27. The number of fused-ring (bicyclic) bond motifs is 1. The molecule has 2 nitrogen and oxygen atoms in total. The first-order valence-electron chi connectivity index (χ1n) is 9.27. The Labute approximate surface area is 165 Å². The smallest absolute Gasteiger partial charge is 0.159 e. The summed E-state index contributed by atoms with van der Waals surface area (Å²) >= 11 is 0. The zero-order chi connectivity index (χ0) is 19.0. The van der Waals surface area contributed by atoms with Gasteiger partial charge in [0.05, 0.1) is 0 Å². The molecule has 0 radical (unpaired) electrons. The third-order valence-electron chi connectivity index (χ3n) is 4.47. The number of nitrogens with zero attached hydrogens (tertiary/aromatic N) is 2. The molecule has 0 saturated carbocycles. The Hall–Kier alpha value is -3.78. The molecule has 5 aromatic rings. The van der Waals surface area contributed by atoms with Crippen molar-refractivity contribution in [3.8, 4) is 22.5 Å². The van der Waals surface area contributed by atoms with Crippen LogP contribution in [0.2, 0.25) is 0 Å². The summed E-state index contributed by atoms with van der Waals surface area (Å²) in [6, 6.07) is 37.2. The van der Waals surface area contributed by atoms with Gasteiger partial charge in [-0.05, 0) is 28.0 Å². The van der Waals surface area contributed by atoms with Crippen molar-refractivity contribution in [2.75, 3.05) is 0 Å². The van der Waals surface area contributed by atoms with Crippen LogP contribution >= 0.6 is 0 Å². The van der Waals surface area contributed by atoms with Gasteiger partial charge < -0.3 is 0 Å². The zero-order valence-electron chi connectivity index (χ0n) is 15.4. The Balaban J connectivity index is 0.000000143. The normalized spacial score (nSPS) is 10.1. The fourth-order valence-electron chi connectivity index (χ4n) is 3.13. The van der Waals surface area contributed by atoms with Crippen LogP contribution in [0.4, 0.5) is 0 Å². The second-order valence-corrected chi connectivity index (χ2v) is 6.33. The topological polar surface area (TPSA) is 25.8 Å². The van der Waals surface area contributed by atoms with E-state index in [4.69, 9.17) is 0 Å². The molecule has 0 fully saturated rings. The molecule has 1 aromatic heterocycles. The molecule has 28 heavy (non-hydrogen) atoms. The van der Waals surface area contributed by atoms with Gasteiger partial charge >= 0.3 is 0 Å². The van der Waals surface area contributed by atoms with Crippen molar-refractivity contribution in [2.24, 2.45) is 0 Å². The van der Waals surface area contributed by atoms with Crippen LogP contribution in [-0.4, -0.2) is 9.97 Å². The van der Waals surface area contributed by atoms with Gasteiger partial charge in [-0.1, -0.05) is 103 Å². The first-order chi connectivity index (χ1) is 13.9. The Morgan fingerprint density at radius 3 is 1.71 bits per heavy atom. The molecule has 0 spiro atoms. The molecule has 0 N–H and O–H groups in total. The van der Waals surface area contributed by atoms with E-state index in [-0.39, 0.29) is 0 Å². The molecule has 4 aromatic carbocycles. The zero-order valence-corrected chi connectivity index (χ0v) is 15.4. The highest BCUT2D eigenvalue weighted by molar-refractivity contribution is 5.96. The molecule has 134 valence electrons. The van der Waals surface area contributed by atoms with E-state index in [9.17, 15) is 0 Å².